The van der Waals surface area contributed by atoms with Gasteiger partial charge in [-0.05, 0) is 34.0 Å². The zero-order chi connectivity index (χ0) is 21.8. The molecule has 2 aromatic heterocycles. The van der Waals surface area contributed by atoms with E-state index in [1.165, 1.54) is 5.56 Å². The first-order valence-corrected chi connectivity index (χ1v) is 10.3. The monoisotopic (exact) mass is 416 g/mol. The third-order valence-corrected chi connectivity index (χ3v) is 5.31. The van der Waals surface area contributed by atoms with Crippen LogP contribution in [0.15, 0.2) is 78.9 Å². The Balaban J connectivity index is 1.39. The number of terminal acetylenes is 1. The van der Waals surface area contributed by atoms with Gasteiger partial charge in [-0.15, -0.1) is 22.5 Å². The Morgan fingerprint density at radius 3 is 2.47 bits per heavy atom. The van der Waals surface area contributed by atoms with Crippen molar-refractivity contribution in [2.75, 3.05) is 5.32 Å². The van der Waals surface area contributed by atoms with Crippen molar-refractivity contribution in [2.24, 2.45) is 0 Å². The van der Waals surface area contributed by atoms with E-state index in [9.17, 15) is 0 Å². The highest BCUT2D eigenvalue weighted by atomic mass is 15.5. The molecule has 0 spiro atoms. The molecule has 154 valence electrons. The lowest BCUT2D eigenvalue weighted by Gasteiger charge is -2.12. The number of H-pyrrole nitrogens is 1. The predicted molar refractivity (Wildman–Crippen MR) is 127 cm³/mol. The number of hydrogen-bond donors (Lipinski definition) is 2. The van der Waals surface area contributed by atoms with Gasteiger partial charge in [-0.3, -0.25) is 4.98 Å². The summed E-state index contributed by atoms with van der Waals surface area (Å²) >= 11 is 0. The zero-order valence-corrected chi connectivity index (χ0v) is 17.3. The van der Waals surface area contributed by atoms with Crippen molar-refractivity contribution < 1.29 is 0 Å². The topological polar surface area (TPSA) is 79.4 Å². The van der Waals surface area contributed by atoms with E-state index in [-0.39, 0.29) is 0 Å². The Hall–Kier alpha value is -4.50. The van der Waals surface area contributed by atoms with Gasteiger partial charge in [-0.25, -0.2) is 0 Å². The molecule has 5 rings (SSSR count). The van der Waals surface area contributed by atoms with Gasteiger partial charge in [0, 0.05) is 23.2 Å². The van der Waals surface area contributed by atoms with Crippen LogP contribution in [-0.4, -0.2) is 25.6 Å². The lowest BCUT2D eigenvalue weighted by molar-refractivity contribution is 0.881. The molecular formula is C26H20N6. The average Bonchev–Trinajstić information content (AvgIpc) is 3.38. The van der Waals surface area contributed by atoms with Crippen LogP contribution < -0.4 is 5.32 Å². The molecule has 6 nitrogen and oxygen atoms in total. The zero-order valence-electron chi connectivity index (χ0n) is 17.3. The molecule has 0 aliphatic heterocycles. The van der Waals surface area contributed by atoms with Gasteiger partial charge < -0.3 is 5.32 Å². The first-order valence-electron chi connectivity index (χ1n) is 10.3. The Kier molecular flexibility index (Phi) is 5.29. The van der Waals surface area contributed by atoms with Crippen molar-refractivity contribution in [3.05, 3.63) is 90.1 Å². The van der Waals surface area contributed by atoms with E-state index in [0.717, 1.165) is 39.0 Å². The molecule has 2 heterocycles. The van der Waals surface area contributed by atoms with Crippen LogP contribution >= 0.6 is 0 Å². The maximum atomic E-state index is 5.50. The third-order valence-electron chi connectivity index (χ3n) is 5.31. The molecule has 0 amide bonds. The van der Waals surface area contributed by atoms with E-state index in [1.54, 1.807) is 0 Å². The van der Waals surface area contributed by atoms with Crippen molar-refractivity contribution in [3.63, 3.8) is 0 Å². The maximum Gasteiger partial charge on any atom is 0.205 e. The van der Waals surface area contributed by atoms with E-state index in [0.29, 0.717) is 18.8 Å². The van der Waals surface area contributed by atoms with Crippen LogP contribution in [0.4, 0.5) is 5.69 Å². The fraction of sp³-hybridized carbons (Fsp3) is 0.0769. The molecule has 0 aliphatic rings. The van der Waals surface area contributed by atoms with Gasteiger partial charge in [0.05, 0.1) is 17.6 Å². The summed E-state index contributed by atoms with van der Waals surface area (Å²) in [5.41, 5.74) is 7.14. The number of tetrazole rings is 1. The summed E-state index contributed by atoms with van der Waals surface area (Å²) in [6.45, 7) is 0.691. The number of para-hydroxylation sites is 1. The lowest BCUT2D eigenvalue weighted by atomic mass is 9.98. The SMILES string of the molecule is C#CCc1cc(NCc2ccc(-c3ccccc3-c3nn[nH]n3)cc2)c2ccccc2n1. The molecule has 5 aromatic rings. The predicted octanol–water partition coefficient (Wildman–Crippen LogP) is 4.87. The number of nitrogens with one attached hydrogen (secondary N) is 2. The van der Waals surface area contributed by atoms with Gasteiger partial charge in [0.25, 0.3) is 0 Å². The second-order valence-electron chi connectivity index (χ2n) is 7.39. The molecule has 0 saturated heterocycles. The van der Waals surface area contributed by atoms with Crippen molar-refractivity contribution in [1.82, 2.24) is 25.6 Å². The summed E-state index contributed by atoms with van der Waals surface area (Å²) < 4.78 is 0. The Labute approximate surface area is 185 Å². The Morgan fingerprint density at radius 2 is 1.69 bits per heavy atom. The number of hydrogen-bond acceptors (Lipinski definition) is 5. The van der Waals surface area contributed by atoms with Gasteiger partial charge >= 0.3 is 0 Å². The molecule has 2 N–H and O–H groups in total. The molecular weight excluding hydrogens is 396 g/mol. The normalized spacial score (nSPS) is 10.7. The summed E-state index contributed by atoms with van der Waals surface area (Å²) in [5, 5.41) is 19.1. The van der Waals surface area contributed by atoms with E-state index in [2.05, 4.69) is 73.2 Å². The molecule has 0 unspecified atom stereocenters. The molecule has 6 heteroatoms. The summed E-state index contributed by atoms with van der Waals surface area (Å²) in [5.74, 6) is 3.26. The minimum absolute atomic E-state index is 0.508. The fourth-order valence-electron chi connectivity index (χ4n) is 3.78. The van der Waals surface area contributed by atoms with E-state index in [4.69, 9.17) is 6.42 Å². The second kappa shape index (κ2) is 8.70. The van der Waals surface area contributed by atoms with Gasteiger partial charge in [-0.2, -0.15) is 5.21 Å². The van der Waals surface area contributed by atoms with E-state index < -0.39 is 0 Å². The van der Waals surface area contributed by atoms with Crippen molar-refractivity contribution in [3.8, 4) is 34.9 Å². The molecule has 0 radical (unpaired) electrons. The second-order valence-corrected chi connectivity index (χ2v) is 7.39. The van der Waals surface area contributed by atoms with Crippen molar-refractivity contribution >= 4 is 16.6 Å². The Bertz CT molecular complexity index is 1400. The third kappa shape index (κ3) is 3.92. The summed E-state index contributed by atoms with van der Waals surface area (Å²) in [6.07, 6.45) is 6.01. The molecule has 0 aliphatic carbocycles. The first-order chi connectivity index (χ1) is 15.8. The summed E-state index contributed by atoms with van der Waals surface area (Å²) in [4.78, 5) is 4.66. The molecule has 32 heavy (non-hydrogen) atoms. The molecule has 0 bridgehead atoms. The van der Waals surface area contributed by atoms with Crippen LogP contribution in [-0.2, 0) is 13.0 Å². The fourth-order valence-corrected chi connectivity index (χ4v) is 3.78. The lowest BCUT2D eigenvalue weighted by Crippen LogP contribution is -2.02. The number of anilines is 1. The highest BCUT2D eigenvalue weighted by Gasteiger charge is 2.11. The number of aromatic amines is 1. The average molecular weight is 416 g/mol. The summed E-state index contributed by atoms with van der Waals surface area (Å²) in [6, 6.07) is 26.7. The van der Waals surface area contributed by atoms with Crippen molar-refractivity contribution in [1.29, 1.82) is 0 Å². The van der Waals surface area contributed by atoms with Gasteiger partial charge in [0.1, 0.15) is 0 Å². The molecule has 3 aromatic carbocycles. The largest absolute Gasteiger partial charge is 0.380 e. The number of nitrogens with zero attached hydrogens (tertiary/aromatic N) is 4. The highest BCUT2D eigenvalue weighted by Crippen LogP contribution is 2.30. The highest BCUT2D eigenvalue weighted by molar-refractivity contribution is 5.91. The number of pyridine rings is 1. The number of aromatic nitrogens is 5. The smallest absolute Gasteiger partial charge is 0.205 e. The minimum Gasteiger partial charge on any atom is -0.380 e. The van der Waals surface area contributed by atoms with Crippen LogP contribution in [0.5, 0.6) is 0 Å². The van der Waals surface area contributed by atoms with Gasteiger partial charge in [0.15, 0.2) is 0 Å². The maximum absolute atomic E-state index is 5.50. The molecule has 0 fully saturated rings. The van der Waals surface area contributed by atoms with Gasteiger partial charge in [0.2, 0.25) is 5.82 Å². The number of fused-ring (bicyclic) bond motifs is 1. The van der Waals surface area contributed by atoms with Crippen LogP contribution in [0.3, 0.4) is 0 Å². The van der Waals surface area contributed by atoms with E-state index in [1.807, 2.05) is 42.5 Å². The summed E-state index contributed by atoms with van der Waals surface area (Å²) in [7, 11) is 0. The molecule has 0 atom stereocenters. The van der Waals surface area contributed by atoms with Crippen molar-refractivity contribution in [2.45, 2.75) is 13.0 Å². The Morgan fingerprint density at radius 1 is 0.906 bits per heavy atom. The minimum atomic E-state index is 0.508. The quantitative estimate of drug-likeness (QED) is 0.386. The van der Waals surface area contributed by atoms with Crippen LogP contribution in [0.1, 0.15) is 11.3 Å². The number of rotatable bonds is 6. The molecule has 0 saturated carbocycles. The number of benzene rings is 3. The van der Waals surface area contributed by atoms with Crippen LogP contribution in [0.25, 0.3) is 33.4 Å². The van der Waals surface area contributed by atoms with Crippen LogP contribution in [0, 0.1) is 12.3 Å². The van der Waals surface area contributed by atoms with E-state index >= 15 is 0 Å². The first kappa shape index (κ1) is 19.5. The van der Waals surface area contributed by atoms with Crippen LogP contribution in [0.2, 0.25) is 0 Å². The standard InChI is InChI=1S/C26H20N6/c1-2-7-20-16-25(23-10-5-6-11-24(23)28-20)27-17-18-12-14-19(15-13-18)21-8-3-4-9-22(21)26-29-31-32-30-26/h1,3-6,8-16H,7,17H2,(H,27,28)(H,29,30,31,32). The van der Waals surface area contributed by atoms with Gasteiger partial charge in [-0.1, -0.05) is 66.7 Å².